The molecule has 1 nitrogen and oxygen atoms in total. The highest BCUT2D eigenvalue weighted by atomic mass is 79.9. The normalized spacial score (nSPS) is 35.3. The van der Waals surface area contributed by atoms with E-state index in [4.69, 9.17) is 4.74 Å². The molecule has 0 bridgehead atoms. The summed E-state index contributed by atoms with van der Waals surface area (Å²) in [5.74, 6) is 0. The molecule has 2 unspecified atom stereocenters. The number of halogens is 6. The smallest absolute Gasteiger partial charge is 0.149 e. The lowest BCUT2D eigenvalue weighted by atomic mass is 10.1. The van der Waals surface area contributed by atoms with Crippen LogP contribution in [0.5, 0.6) is 0 Å². The molecule has 0 spiro atoms. The van der Waals surface area contributed by atoms with Crippen molar-refractivity contribution >= 4 is 95.6 Å². The van der Waals surface area contributed by atoms with Crippen molar-refractivity contribution in [2.24, 2.45) is 0 Å². The summed E-state index contributed by atoms with van der Waals surface area (Å²) in [6, 6.07) is 0. The van der Waals surface area contributed by atoms with Crippen molar-refractivity contribution in [3.8, 4) is 0 Å². The van der Waals surface area contributed by atoms with Crippen LogP contribution in [0.15, 0.2) is 42.2 Å². The third-order valence-corrected chi connectivity index (χ3v) is 5.73. The van der Waals surface area contributed by atoms with Gasteiger partial charge in [0.2, 0.25) is 0 Å². The third-order valence-electron chi connectivity index (χ3n) is 2.46. The van der Waals surface area contributed by atoms with Crippen LogP contribution in [0.4, 0.5) is 0 Å². The SMILES string of the molecule is BrC1=CC(Br)(OC2(Br)C=C(Br)C=C(Br)C2)CC(Br)=C1. The van der Waals surface area contributed by atoms with Crippen LogP contribution >= 0.6 is 95.6 Å². The Kier molecular flexibility index (Phi) is 5.87. The second-order valence-corrected chi connectivity index (χ2v) is 10.8. The zero-order valence-corrected chi connectivity index (χ0v) is 18.9. The number of hydrogen-bond donors (Lipinski definition) is 0. The van der Waals surface area contributed by atoms with Crippen LogP contribution < -0.4 is 0 Å². The molecule has 0 aromatic heterocycles. The van der Waals surface area contributed by atoms with Crippen LogP contribution in [0.3, 0.4) is 0 Å². The second kappa shape index (κ2) is 6.50. The number of rotatable bonds is 2. The largest absolute Gasteiger partial charge is 0.338 e. The van der Waals surface area contributed by atoms with Crippen LogP contribution in [0, 0.1) is 0 Å². The van der Waals surface area contributed by atoms with Crippen LogP contribution in [0.2, 0.25) is 0 Å². The fourth-order valence-corrected chi connectivity index (χ4v) is 8.36. The molecule has 0 radical (unpaired) electrons. The minimum Gasteiger partial charge on any atom is -0.338 e. The topological polar surface area (TPSA) is 9.23 Å². The van der Waals surface area contributed by atoms with E-state index >= 15 is 0 Å². The maximum atomic E-state index is 6.27. The van der Waals surface area contributed by atoms with Crippen molar-refractivity contribution in [2.45, 2.75) is 21.9 Å². The Bertz CT molecular complexity index is 474. The molecular weight excluding hydrogens is 640 g/mol. The summed E-state index contributed by atoms with van der Waals surface area (Å²) in [7, 11) is 0. The van der Waals surface area contributed by atoms with Gasteiger partial charge in [-0.2, -0.15) is 0 Å². The molecule has 2 aliphatic carbocycles. The van der Waals surface area contributed by atoms with E-state index in [0.717, 1.165) is 30.8 Å². The van der Waals surface area contributed by atoms with Crippen molar-refractivity contribution in [3.63, 3.8) is 0 Å². The van der Waals surface area contributed by atoms with Gasteiger partial charge >= 0.3 is 0 Å². The van der Waals surface area contributed by atoms with Crippen LogP contribution in [0.25, 0.3) is 0 Å². The quantitative estimate of drug-likeness (QED) is 0.291. The van der Waals surface area contributed by atoms with Crippen molar-refractivity contribution < 1.29 is 4.74 Å². The fourth-order valence-electron chi connectivity index (χ4n) is 1.87. The molecule has 104 valence electrons. The van der Waals surface area contributed by atoms with Gasteiger partial charge in [0.15, 0.2) is 0 Å². The first-order chi connectivity index (χ1) is 8.70. The van der Waals surface area contributed by atoms with Gasteiger partial charge in [-0.3, -0.25) is 0 Å². The lowest BCUT2D eigenvalue weighted by molar-refractivity contribution is 0.00698. The van der Waals surface area contributed by atoms with E-state index in [1.165, 1.54) is 0 Å². The van der Waals surface area contributed by atoms with E-state index in [1.807, 2.05) is 24.3 Å². The van der Waals surface area contributed by atoms with Crippen molar-refractivity contribution in [1.29, 1.82) is 0 Å². The Balaban J connectivity index is 2.22. The van der Waals surface area contributed by atoms with E-state index in [2.05, 4.69) is 95.6 Å². The van der Waals surface area contributed by atoms with Gasteiger partial charge in [0.1, 0.15) is 9.02 Å². The zero-order chi connectivity index (χ0) is 14.3. The molecule has 0 aliphatic heterocycles. The number of allylic oxidation sites excluding steroid dienone is 4. The molecule has 0 N–H and O–H groups in total. The molecule has 0 aromatic carbocycles. The average molecular weight is 648 g/mol. The number of ether oxygens (including phenoxy) is 1. The monoisotopic (exact) mass is 642 g/mol. The van der Waals surface area contributed by atoms with E-state index in [9.17, 15) is 0 Å². The Morgan fingerprint density at radius 3 is 1.47 bits per heavy atom. The van der Waals surface area contributed by atoms with Crippen LogP contribution in [-0.4, -0.2) is 9.02 Å². The van der Waals surface area contributed by atoms with Gasteiger partial charge < -0.3 is 4.74 Å². The summed E-state index contributed by atoms with van der Waals surface area (Å²) in [5.41, 5.74) is 0. The van der Waals surface area contributed by atoms with E-state index in [1.54, 1.807) is 0 Å². The first-order valence-electron chi connectivity index (χ1n) is 5.27. The molecule has 0 fully saturated rings. The number of alkyl halides is 2. The molecule has 0 saturated carbocycles. The molecule has 19 heavy (non-hydrogen) atoms. The lowest BCUT2D eigenvalue weighted by Crippen LogP contribution is -2.36. The molecule has 0 saturated heterocycles. The Hall–Kier alpha value is 1.80. The number of hydrogen-bond acceptors (Lipinski definition) is 1. The van der Waals surface area contributed by atoms with Crippen LogP contribution in [-0.2, 0) is 4.74 Å². The molecule has 2 rings (SSSR count). The summed E-state index contributed by atoms with van der Waals surface area (Å²) in [6.07, 6.45) is 9.51. The maximum absolute atomic E-state index is 6.27. The van der Waals surface area contributed by atoms with E-state index < -0.39 is 9.02 Å². The summed E-state index contributed by atoms with van der Waals surface area (Å²) < 4.78 is 9.25. The molecule has 2 aliphatic rings. The fraction of sp³-hybridized carbons (Fsp3) is 0.333. The zero-order valence-electron chi connectivity index (χ0n) is 9.40. The molecular formula is C12H8Br6O. The molecule has 0 aromatic rings. The maximum Gasteiger partial charge on any atom is 0.149 e. The average Bonchev–Trinajstić information content (AvgIpc) is 2.08. The van der Waals surface area contributed by atoms with E-state index in [0.29, 0.717) is 0 Å². The van der Waals surface area contributed by atoms with Gasteiger partial charge in [-0.15, -0.1) is 0 Å². The van der Waals surface area contributed by atoms with Crippen molar-refractivity contribution in [3.05, 3.63) is 42.2 Å². The summed E-state index contributed by atoms with van der Waals surface area (Å²) in [5, 5.41) is 0. The Labute approximate surface area is 162 Å². The predicted octanol–water partition coefficient (Wildman–Crippen LogP) is 7.11. The first-order valence-corrected chi connectivity index (χ1v) is 10.0. The summed E-state index contributed by atoms with van der Waals surface area (Å²) in [6.45, 7) is 0. The van der Waals surface area contributed by atoms with Crippen molar-refractivity contribution in [1.82, 2.24) is 0 Å². The van der Waals surface area contributed by atoms with E-state index in [-0.39, 0.29) is 0 Å². The standard InChI is InChI=1S/C12H8Br6O/c13-7-1-8(14)4-11(17,3-7)19-12(18)5-9(15)2-10(16)6-12/h1-3,5H,4,6H2. The second-order valence-electron chi connectivity index (χ2n) is 4.27. The minimum absolute atomic E-state index is 0.558. The highest BCUT2D eigenvalue weighted by Gasteiger charge is 2.39. The highest BCUT2D eigenvalue weighted by molar-refractivity contribution is 9.13. The van der Waals surface area contributed by atoms with Gasteiger partial charge in [0.25, 0.3) is 0 Å². The predicted molar refractivity (Wildman–Crippen MR) is 102 cm³/mol. The highest BCUT2D eigenvalue weighted by Crippen LogP contribution is 2.47. The summed E-state index contributed by atoms with van der Waals surface area (Å²) >= 11 is 21.4. The summed E-state index contributed by atoms with van der Waals surface area (Å²) in [4.78, 5) is 0. The van der Waals surface area contributed by atoms with Gasteiger partial charge in [-0.25, -0.2) is 0 Å². The Morgan fingerprint density at radius 2 is 1.16 bits per heavy atom. The van der Waals surface area contributed by atoms with Gasteiger partial charge in [-0.05, 0) is 56.2 Å². The molecule has 0 amide bonds. The lowest BCUT2D eigenvalue weighted by Gasteiger charge is -2.37. The van der Waals surface area contributed by atoms with Crippen LogP contribution in [0.1, 0.15) is 12.8 Å². The molecule has 0 heterocycles. The third kappa shape index (κ3) is 4.89. The van der Waals surface area contributed by atoms with Gasteiger partial charge in [-0.1, -0.05) is 63.7 Å². The van der Waals surface area contributed by atoms with Gasteiger partial charge in [0, 0.05) is 30.8 Å². The Morgan fingerprint density at radius 1 is 0.789 bits per heavy atom. The first kappa shape index (κ1) is 17.2. The molecule has 7 heteroatoms. The van der Waals surface area contributed by atoms with Crippen molar-refractivity contribution in [2.75, 3.05) is 0 Å². The minimum atomic E-state index is -0.558. The molecule has 2 atom stereocenters. The van der Waals surface area contributed by atoms with Gasteiger partial charge in [0.05, 0.1) is 0 Å².